The molecule has 8 heteroatoms. The highest BCUT2D eigenvalue weighted by atomic mass is 16.2. The SMILES string of the molecule is CC(=O)NCc1cncc([C@H]2CCCN2C(=O)Cn2cc(C)cn2)n1. The number of carbonyl (C=O) groups excluding carboxylic acids is 2. The van der Waals surface area contributed by atoms with Crippen molar-refractivity contribution in [3.05, 3.63) is 41.7 Å². The van der Waals surface area contributed by atoms with Gasteiger partial charge in [0.05, 0.1) is 42.6 Å². The maximum Gasteiger partial charge on any atom is 0.244 e. The van der Waals surface area contributed by atoms with Crippen molar-refractivity contribution in [1.29, 1.82) is 0 Å². The number of nitrogens with one attached hydrogen (secondary N) is 1. The lowest BCUT2D eigenvalue weighted by Crippen LogP contribution is -2.34. The standard InChI is InChI=1S/C17H22N6O2/c1-12-6-20-22(10-12)11-17(25)23-5-3-4-16(23)15-9-18-7-14(21-15)8-19-13(2)24/h6-7,9-10,16H,3-5,8,11H2,1-2H3,(H,19,24)/t16-/m1/s1. The van der Waals surface area contributed by atoms with Crippen LogP contribution in [-0.4, -0.2) is 43.0 Å². The topological polar surface area (TPSA) is 93.0 Å². The fraction of sp³-hybridized carbons (Fsp3) is 0.471. The number of carbonyl (C=O) groups is 2. The van der Waals surface area contributed by atoms with Crippen LogP contribution in [0.3, 0.4) is 0 Å². The van der Waals surface area contributed by atoms with Crippen molar-refractivity contribution >= 4 is 11.8 Å². The molecule has 1 fully saturated rings. The summed E-state index contributed by atoms with van der Waals surface area (Å²) in [7, 11) is 0. The molecule has 0 radical (unpaired) electrons. The van der Waals surface area contributed by atoms with Gasteiger partial charge >= 0.3 is 0 Å². The average molecular weight is 342 g/mol. The van der Waals surface area contributed by atoms with Crippen LogP contribution in [0.15, 0.2) is 24.8 Å². The van der Waals surface area contributed by atoms with Gasteiger partial charge in [-0.1, -0.05) is 0 Å². The van der Waals surface area contributed by atoms with Gasteiger partial charge in [0.1, 0.15) is 6.54 Å². The Balaban J connectivity index is 1.71. The monoisotopic (exact) mass is 342 g/mol. The van der Waals surface area contributed by atoms with Crippen LogP contribution in [0.4, 0.5) is 0 Å². The van der Waals surface area contributed by atoms with E-state index in [4.69, 9.17) is 0 Å². The van der Waals surface area contributed by atoms with E-state index in [-0.39, 0.29) is 24.4 Å². The van der Waals surface area contributed by atoms with Gasteiger partial charge in [-0.15, -0.1) is 0 Å². The third kappa shape index (κ3) is 4.20. The zero-order valence-electron chi connectivity index (χ0n) is 14.5. The number of amides is 2. The minimum atomic E-state index is -0.112. The Labute approximate surface area is 146 Å². The lowest BCUT2D eigenvalue weighted by Gasteiger charge is -2.24. The lowest BCUT2D eigenvalue weighted by molar-refractivity contribution is -0.133. The molecule has 2 amide bonds. The van der Waals surface area contributed by atoms with Crippen LogP contribution in [0.1, 0.15) is 42.8 Å². The van der Waals surface area contributed by atoms with Gasteiger partial charge in [-0.25, -0.2) is 0 Å². The summed E-state index contributed by atoms with van der Waals surface area (Å²) < 4.78 is 1.66. The largest absolute Gasteiger partial charge is 0.351 e. The number of likely N-dealkylation sites (tertiary alicyclic amines) is 1. The summed E-state index contributed by atoms with van der Waals surface area (Å²) in [5.74, 6) is -0.0842. The molecule has 0 saturated carbocycles. The van der Waals surface area contributed by atoms with Gasteiger partial charge in [0.25, 0.3) is 0 Å². The molecule has 1 saturated heterocycles. The van der Waals surface area contributed by atoms with Gasteiger partial charge in [-0.2, -0.15) is 5.10 Å². The second-order valence-electron chi connectivity index (χ2n) is 6.31. The second kappa shape index (κ2) is 7.42. The Kier molecular flexibility index (Phi) is 5.06. The minimum Gasteiger partial charge on any atom is -0.351 e. The molecular formula is C17H22N6O2. The van der Waals surface area contributed by atoms with E-state index in [9.17, 15) is 9.59 Å². The highest BCUT2D eigenvalue weighted by molar-refractivity contribution is 5.76. The summed E-state index contributed by atoms with van der Waals surface area (Å²) in [6, 6.07) is -0.0751. The van der Waals surface area contributed by atoms with Crippen LogP contribution in [0.25, 0.3) is 0 Å². The van der Waals surface area contributed by atoms with Crippen LogP contribution < -0.4 is 5.32 Å². The molecular weight excluding hydrogens is 320 g/mol. The normalized spacial score (nSPS) is 16.9. The van der Waals surface area contributed by atoms with Crippen LogP contribution in [0, 0.1) is 6.92 Å². The number of aromatic nitrogens is 4. The number of rotatable bonds is 5. The van der Waals surface area contributed by atoms with E-state index < -0.39 is 0 Å². The molecule has 2 aromatic heterocycles. The van der Waals surface area contributed by atoms with Crippen LogP contribution in [0.5, 0.6) is 0 Å². The maximum absolute atomic E-state index is 12.7. The summed E-state index contributed by atoms with van der Waals surface area (Å²) in [4.78, 5) is 34.4. The number of hydrogen-bond acceptors (Lipinski definition) is 5. The molecule has 3 rings (SSSR count). The Bertz CT molecular complexity index is 772. The number of nitrogens with zero attached hydrogens (tertiary/aromatic N) is 5. The van der Waals surface area contributed by atoms with Crippen molar-refractivity contribution < 1.29 is 9.59 Å². The van der Waals surface area contributed by atoms with E-state index in [0.717, 1.165) is 24.1 Å². The minimum absolute atomic E-state index is 0.0275. The van der Waals surface area contributed by atoms with Crippen molar-refractivity contribution in [1.82, 2.24) is 30.0 Å². The molecule has 0 unspecified atom stereocenters. The predicted octanol–water partition coefficient (Wildman–Crippen LogP) is 0.981. The molecule has 8 nitrogen and oxygen atoms in total. The first kappa shape index (κ1) is 17.1. The summed E-state index contributed by atoms with van der Waals surface area (Å²) in [5.41, 5.74) is 2.49. The van der Waals surface area contributed by atoms with Crippen molar-refractivity contribution in [3.63, 3.8) is 0 Å². The van der Waals surface area contributed by atoms with E-state index >= 15 is 0 Å². The number of aryl methyl sites for hydroxylation is 1. The fourth-order valence-electron chi connectivity index (χ4n) is 3.04. The third-order valence-electron chi connectivity index (χ3n) is 4.20. The van der Waals surface area contributed by atoms with Gasteiger partial charge in [-0.05, 0) is 25.3 Å². The molecule has 0 spiro atoms. The van der Waals surface area contributed by atoms with Gasteiger partial charge in [-0.3, -0.25) is 24.2 Å². The molecule has 0 aliphatic carbocycles. The van der Waals surface area contributed by atoms with Gasteiger partial charge in [0, 0.05) is 19.7 Å². The summed E-state index contributed by atoms with van der Waals surface area (Å²) in [6.07, 6.45) is 8.73. The zero-order valence-corrected chi connectivity index (χ0v) is 14.5. The fourth-order valence-corrected chi connectivity index (χ4v) is 3.04. The van der Waals surface area contributed by atoms with Crippen molar-refractivity contribution in [3.8, 4) is 0 Å². The first-order chi connectivity index (χ1) is 12.0. The maximum atomic E-state index is 12.7. The molecule has 25 heavy (non-hydrogen) atoms. The van der Waals surface area contributed by atoms with Gasteiger partial charge in [0.2, 0.25) is 11.8 Å². The molecule has 1 aliphatic rings. The zero-order chi connectivity index (χ0) is 17.8. The molecule has 3 heterocycles. The Morgan fingerprint density at radius 1 is 1.32 bits per heavy atom. The van der Waals surface area contributed by atoms with Gasteiger partial charge < -0.3 is 10.2 Å². The lowest BCUT2D eigenvalue weighted by atomic mass is 10.1. The van der Waals surface area contributed by atoms with Crippen molar-refractivity contribution in [2.24, 2.45) is 0 Å². The average Bonchev–Trinajstić information content (AvgIpc) is 3.22. The molecule has 1 N–H and O–H groups in total. The quantitative estimate of drug-likeness (QED) is 0.874. The second-order valence-corrected chi connectivity index (χ2v) is 6.31. The van der Waals surface area contributed by atoms with E-state index in [1.807, 2.05) is 18.0 Å². The van der Waals surface area contributed by atoms with E-state index in [1.54, 1.807) is 23.3 Å². The highest BCUT2D eigenvalue weighted by Gasteiger charge is 2.31. The molecule has 1 aliphatic heterocycles. The summed E-state index contributed by atoms with van der Waals surface area (Å²) in [6.45, 7) is 4.68. The molecule has 0 bridgehead atoms. The number of hydrogen-bond donors (Lipinski definition) is 1. The molecule has 132 valence electrons. The van der Waals surface area contributed by atoms with Crippen LogP contribution in [-0.2, 0) is 22.7 Å². The molecule has 1 atom stereocenters. The Hall–Kier alpha value is -2.77. The van der Waals surface area contributed by atoms with E-state index in [1.165, 1.54) is 6.92 Å². The highest BCUT2D eigenvalue weighted by Crippen LogP contribution is 2.30. The Morgan fingerprint density at radius 2 is 2.16 bits per heavy atom. The van der Waals surface area contributed by atoms with E-state index in [0.29, 0.717) is 18.8 Å². The predicted molar refractivity (Wildman–Crippen MR) is 90.2 cm³/mol. The summed E-state index contributed by atoms with van der Waals surface area (Å²) >= 11 is 0. The van der Waals surface area contributed by atoms with Crippen LogP contribution >= 0.6 is 0 Å². The first-order valence-corrected chi connectivity index (χ1v) is 8.36. The van der Waals surface area contributed by atoms with Crippen molar-refractivity contribution in [2.75, 3.05) is 6.54 Å². The van der Waals surface area contributed by atoms with Gasteiger partial charge in [0.15, 0.2) is 0 Å². The Morgan fingerprint density at radius 3 is 2.88 bits per heavy atom. The first-order valence-electron chi connectivity index (χ1n) is 8.36. The smallest absolute Gasteiger partial charge is 0.244 e. The third-order valence-corrected chi connectivity index (χ3v) is 4.20. The van der Waals surface area contributed by atoms with E-state index in [2.05, 4.69) is 20.4 Å². The summed E-state index contributed by atoms with van der Waals surface area (Å²) in [5, 5.41) is 6.90. The molecule has 2 aromatic rings. The molecule has 0 aromatic carbocycles. The van der Waals surface area contributed by atoms with Crippen LogP contribution in [0.2, 0.25) is 0 Å². The van der Waals surface area contributed by atoms with Crippen molar-refractivity contribution in [2.45, 2.75) is 45.8 Å².